The third-order valence-corrected chi connectivity index (χ3v) is 4.88. The van der Waals surface area contributed by atoms with Crippen molar-refractivity contribution in [3.05, 3.63) is 64.4 Å². The summed E-state index contributed by atoms with van der Waals surface area (Å²) in [6.45, 7) is 4.38. The molecule has 4 nitrogen and oxygen atoms in total. The summed E-state index contributed by atoms with van der Waals surface area (Å²) in [6, 6.07) is 10.2. The number of aryl methyl sites for hydroxylation is 1. The van der Waals surface area contributed by atoms with Crippen molar-refractivity contribution in [2.75, 3.05) is 18.0 Å². The Labute approximate surface area is 150 Å². The van der Waals surface area contributed by atoms with Gasteiger partial charge in [-0.1, -0.05) is 17.7 Å². The third kappa shape index (κ3) is 3.37. The van der Waals surface area contributed by atoms with Crippen molar-refractivity contribution < 1.29 is 14.0 Å². The van der Waals surface area contributed by atoms with Gasteiger partial charge in [0.25, 0.3) is 5.91 Å². The first-order valence-electron chi connectivity index (χ1n) is 8.02. The number of carbonyl (C=O) groups excluding carboxylic acids is 2. The Bertz CT molecular complexity index is 823. The molecule has 0 radical (unpaired) electrons. The topological polar surface area (TPSA) is 40.6 Å². The predicted molar refractivity (Wildman–Crippen MR) is 95.4 cm³/mol. The van der Waals surface area contributed by atoms with E-state index in [-0.39, 0.29) is 11.8 Å². The van der Waals surface area contributed by atoms with Gasteiger partial charge in [-0.3, -0.25) is 9.59 Å². The monoisotopic (exact) mass is 360 g/mol. The van der Waals surface area contributed by atoms with E-state index in [1.807, 2.05) is 19.1 Å². The van der Waals surface area contributed by atoms with Crippen LogP contribution < -0.4 is 4.90 Å². The largest absolute Gasteiger partial charge is 0.325 e. The molecule has 0 N–H and O–H groups in total. The fraction of sp³-hybridized carbons (Fsp3) is 0.263. The van der Waals surface area contributed by atoms with Gasteiger partial charge in [0.05, 0.1) is 0 Å². The Kier molecular flexibility index (Phi) is 4.77. The summed E-state index contributed by atoms with van der Waals surface area (Å²) in [5.41, 5.74) is 2.03. The average Bonchev–Trinajstić information content (AvgIpc) is 2.60. The Balaban J connectivity index is 1.80. The Morgan fingerprint density at radius 2 is 1.84 bits per heavy atom. The lowest BCUT2D eigenvalue weighted by Crippen LogP contribution is -2.57. The maximum atomic E-state index is 13.0. The number of benzene rings is 2. The lowest BCUT2D eigenvalue weighted by atomic mass is 10.1. The second kappa shape index (κ2) is 6.84. The molecule has 1 atom stereocenters. The van der Waals surface area contributed by atoms with Crippen LogP contribution in [0.25, 0.3) is 0 Å². The molecule has 1 unspecified atom stereocenters. The zero-order valence-corrected chi connectivity index (χ0v) is 14.8. The smallest absolute Gasteiger partial charge is 0.254 e. The summed E-state index contributed by atoms with van der Waals surface area (Å²) in [7, 11) is 0. The van der Waals surface area contributed by atoms with Crippen LogP contribution >= 0.6 is 11.6 Å². The van der Waals surface area contributed by atoms with E-state index in [2.05, 4.69) is 0 Å². The highest BCUT2D eigenvalue weighted by Gasteiger charge is 2.35. The molecule has 130 valence electrons. The van der Waals surface area contributed by atoms with Gasteiger partial charge in [-0.15, -0.1) is 0 Å². The van der Waals surface area contributed by atoms with Gasteiger partial charge in [0.1, 0.15) is 11.9 Å². The van der Waals surface area contributed by atoms with Crippen molar-refractivity contribution >= 4 is 29.1 Å². The molecule has 6 heteroatoms. The predicted octanol–water partition coefficient (Wildman–Crippen LogP) is 3.67. The fourth-order valence-corrected chi connectivity index (χ4v) is 3.09. The Hall–Kier alpha value is -2.40. The van der Waals surface area contributed by atoms with Gasteiger partial charge in [0.15, 0.2) is 0 Å². The summed E-state index contributed by atoms with van der Waals surface area (Å²) < 4.78 is 13.0. The van der Waals surface area contributed by atoms with Gasteiger partial charge in [-0.05, 0) is 55.8 Å². The maximum absolute atomic E-state index is 13.0. The second-order valence-corrected chi connectivity index (χ2v) is 6.51. The number of amides is 2. The summed E-state index contributed by atoms with van der Waals surface area (Å²) in [6.07, 6.45) is 0. The van der Waals surface area contributed by atoms with Crippen LogP contribution in [-0.2, 0) is 4.79 Å². The molecule has 0 saturated carbocycles. The highest BCUT2D eigenvalue weighted by molar-refractivity contribution is 6.31. The van der Waals surface area contributed by atoms with Crippen molar-refractivity contribution in [3.8, 4) is 0 Å². The van der Waals surface area contributed by atoms with Crippen LogP contribution in [0.2, 0.25) is 5.02 Å². The fourth-order valence-electron chi connectivity index (χ4n) is 2.91. The molecule has 0 aliphatic carbocycles. The zero-order chi connectivity index (χ0) is 18.1. The van der Waals surface area contributed by atoms with E-state index in [4.69, 9.17) is 11.6 Å². The minimum absolute atomic E-state index is 0.165. The molecule has 2 aromatic rings. The van der Waals surface area contributed by atoms with Crippen molar-refractivity contribution in [3.63, 3.8) is 0 Å². The van der Waals surface area contributed by atoms with Crippen molar-refractivity contribution in [2.24, 2.45) is 0 Å². The normalized spacial score (nSPS) is 17.8. The van der Waals surface area contributed by atoms with E-state index in [1.54, 1.807) is 17.9 Å². The van der Waals surface area contributed by atoms with E-state index in [1.165, 1.54) is 29.2 Å². The molecule has 1 aliphatic heterocycles. The quantitative estimate of drug-likeness (QED) is 0.820. The molecule has 0 spiro atoms. The summed E-state index contributed by atoms with van der Waals surface area (Å²) in [5, 5.41) is 0.600. The molecule has 1 saturated heterocycles. The number of anilines is 1. The lowest BCUT2D eigenvalue weighted by molar-refractivity contribution is -0.124. The maximum Gasteiger partial charge on any atom is 0.254 e. The minimum Gasteiger partial charge on any atom is -0.325 e. The number of halogens is 2. The Morgan fingerprint density at radius 3 is 2.48 bits per heavy atom. The molecule has 25 heavy (non-hydrogen) atoms. The molecule has 1 heterocycles. The van der Waals surface area contributed by atoms with Crippen LogP contribution in [0.1, 0.15) is 22.8 Å². The molecule has 0 bridgehead atoms. The van der Waals surface area contributed by atoms with Crippen molar-refractivity contribution in [2.45, 2.75) is 19.9 Å². The highest BCUT2D eigenvalue weighted by Crippen LogP contribution is 2.26. The van der Waals surface area contributed by atoms with Gasteiger partial charge in [-0.25, -0.2) is 4.39 Å². The highest BCUT2D eigenvalue weighted by atomic mass is 35.5. The molecule has 0 aromatic heterocycles. The number of carbonyl (C=O) groups is 2. The van der Waals surface area contributed by atoms with Crippen LogP contribution in [0.15, 0.2) is 42.5 Å². The van der Waals surface area contributed by atoms with E-state index < -0.39 is 11.9 Å². The Morgan fingerprint density at radius 1 is 1.16 bits per heavy atom. The lowest BCUT2D eigenvalue weighted by Gasteiger charge is -2.39. The van der Waals surface area contributed by atoms with E-state index in [9.17, 15) is 14.0 Å². The summed E-state index contributed by atoms with van der Waals surface area (Å²) >= 11 is 6.16. The van der Waals surface area contributed by atoms with Gasteiger partial charge in [-0.2, -0.15) is 0 Å². The molecule has 1 fully saturated rings. The van der Waals surface area contributed by atoms with E-state index >= 15 is 0 Å². The van der Waals surface area contributed by atoms with Gasteiger partial charge in [0, 0.05) is 29.4 Å². The zero-order valence-electron chi connectivity index (χ0n) is 14.0. The average molecular weight is 361 g/mol. The molecular formula is C19H18ClFN2O2. The first kappa shape index (κ1) is 17.4. The van der Waals surface area contributed by atoms with Crippen LogP contribution in [0, 0.1) is 12.7 Å². The standard InChI is InChI=1S/C19H18ClFN2O2/c1-12-3-8-16(11-17(12)20)23-10-9-22(13(2)18(23)24)19(25)14-4-6-15(21)7-5-14/h3-8,11,13H,9-10H2,1-2H3. The SMILES string of the molecule is Cc1ccc(N2CCN(C(=O)c3ccc(F)cc3)C(C)C2=O)cc1Cl. The second-order valence-electron chi connectivity index (χ2n) is 6.10. The van der Waals surface area contributed by atoms with Gasteiger partial charge < -0.3 is 9.80 Å². The van der Waals surface area contributed by atoms with E-state index in [0.29, 0.717) is 23.7 Å². The van der Waals surface area contributed by atoms with Crippen LogP contribution in [-0.4, -0.2) is 35.8 Å². The van der Waals surface area contributed by atoms with Crippen LogP contribution in [0.4, 0.5) is 10.1 Å². The third-order valence-electron chi connectivity index (χ3n) is 4.47. The van der Waals surface area contributed by atoms with E-state index in [0.717, 1.165) is 11.3 Å². The number of nitrogens with zero attached hydrogens (tertiary/aromatic N) is 2. The first-order valence-corrected chi connectivity index (χ1v) is 8.40. The van der Waals surface area contributed by atoms with Crippen molar-refractivity contribution in [1.82, 2.24) is 4.90 Å². The molecular weight excluding hydrogens is 343 g/mol. The molecule has 2 aromatic carbocycles. The number of hydrogen-bond acceptors (Lipinski definition) is 2. The van der Waals surface area contributed by atoms with Crippen LogP contribution in [0.5, 0.6) is 0 Å². The van der Waals surface area contributed by atoms with Crippen LogP contribution in [0.3, 0.4) is 0 Å². The van der Waals surface area contributed by atoms with Gasteiger partial charge >= 0.3 is 0 Å². The molecule has 1 aliphatic rings. The number of rotatable bonds is 2. The summed E-state index contributed by atoms with van der Waals surface area (Å²) in [4.78, 5) is 28.5. The minimum atomic E-state index is -0.605. The molecule has 2 amide bonds. The van der Waals surface area contributed by atoms with Crippen molar-refractivity contribution in [1.29, 1.82) is 0 Å². The van der Waals surface area contributed by atoms with Gasteiger partial charge in [0.2, 0.25) is 5.91 Å². The first-order chi connectivity index (χ1) is 11.9. The number of hydrogen-bond donors (Lipinski definition) is 0. The number of piperazine rings is 1. The summed E-state index contributed by atoms with van der Waals surface area (Å²) in [5.74, 6) is -0.842. The molecule has 3 rings (SSSR count).